The number of likely N-dealkylation sites (tertiary alicyclic amines) is 1. The third-order valence-corrected chi connectivity index (χ3v) is 2.92. The van der Waals surface area contributed by atoms with Crippen LogP contribution in [0.1, 0.15) is 16.8 Å². The van der Waals surface area contributed by atoms with Crippen molar-refractivity contribution in [3.63, 3.8) is 0 Å². The number of aliphatic hydroxyl groups is 1. The van der Waals surface area contributed by atoms with Gasteiger partial charge in [0.25, 0.3) is 5.91 Å². The number of halogens is 1. The summed E-state index contributed by atoms with van der Waals surface area (Å²) in [5.41, 5.74) is 0.500. The van der Waals surface area contributed by atoms with Crippen LogP contribution in [-0.4, -0.2) is 35.6 Å². The van der Waals surface area contributed by atoms with Gasteiger partial charge < -0.3 is 10.0 Å². The second kappa shape index (κ2) is 4.61. The van der Waals surface area contributed by atoms with Crippen LogP contribution in [0.15, 0.2) is 24.3 Å². The summed E-state index contributed by atoms with van der Waals surface area (Å²) in [4.78, 5) is 13.6. The molecule has 0 aromatic heterocycles. The topological polar surface area (TPSA) is 40.5 Å². The minimum Gasteiger partial charge on any atom is -0.396 e. The van der Waals surface area contributed by atoms with Gasteiger partial charge in [-0.25, -0.2) is 4.39 Å². The second-order valence-corrected chi connectivity index (χ2v) is 4.10. The van der Waals surface area contributed by atoms with Crippen molar-refractivity contribution in [1.82, 2.24) is 4.90 Å². The molecule has 1 saturated heterocycles. The maximum Gasteiger partial charge on any atom is 0.253 e. The Morgan fingerprint density at radius 3 is 2.69 bits per heavy atom. The molecule has 1 aliphatic rings. The number of hydrogen-bond donors (Lipinski definition) is 1. The maximum absolute atomic E-state index is 12.7. The molecular formula is C12H14FNO2. The highest BCUT2D eigenvalue weighted by Crippen LogP contribution is 2.18. The Morgan fingerprint density at radius 2 is 2.12 bits per heavy atom. The predicted molar refractivity (Wildman–Crippen MR) is 57.5 cm³/mol. The molecule has 0 bridgehead atoms. The zero-order valence-electron chi connectivity index (χ0n) is 8.90. The number of hydrogen-bond acceptors (Lipinski definition) is 2. The summed E-state index contributed by atoms with van der Waals surface area (Å²) in [5.74, 6) is -0.244. The molecule has 1 aromatic rings. The van der Waals surface area contributed by atoms with Gasteiger partial charge in [0.05, 0.1) is 0 Å². The van der Waals surface area contributed by atoms with Crippen LogP contribution < -0.4 is 0 Å². The van der Waals surface area contributed by atoms with Crippen LogP contribution >= 0.6 is 0 Å². The monoisotopic (exact) mass is 223 g/mol. The van der Waals surface area contributed by atoms with E-state index in [0.717, 1.165) is 6.42 Å². The van der Waals surface area contributed by atoms with Gasteiger partial charge in [-0.15, -0.1) is 0 Å². The first-order valence-corrected chi connectivity index (χ1v) is 5.36. The van der Waals surface area contributed by atoms with Crippen molar-refractivity contribution in [3.8, 4) is 0 Å². The number of amides is 1. The Balaban J connectivity index is 2.05. The molecule has 1 aliphatic heterocycles. The van der Waals surface area contributed by atoms with E-state index < -0.39 is 0 Å². The van der Waals surface area contributed by atoms with E-state index in [2.05, 4.69) is 0 Å². The van der Waals surface area contributed by atoms with Crippen LogP contribution in [0.25, 0.3) is 0 Å². The average Bonchev–Trinajstić information content (AvgIpc) is 2.77. The number of benzene rings is 1. The van der Waals surface area contributed by atoms with Crippen LogP contribution in [-0.2, 0) is 0 Å². The molecule has 1 fully saturated rings. The van der Waals surface area contributed by atoms with Crippen LogP contribution in [0.4, 0.5) is 4.39 Å². The Kier molecular flexibility index (Phi) is 3.19. The molecule has 1 heterocycles. The van der Waals surface area contributed by atoms with Crippen LogP contribution in [0.2, 0.25) is 0 Å². The molecule has 0 aliphatic carbocycles. The molecule has 4 heteroatoms. The minimum absolute atomic E-state index is 0.0871. The summed E-state index contributed by atoms with van der Waals surface area (Å²) < 4.78 is 12.7. The number of rotatable bonds is 2. The Labute approximate surface area is 93.5 Å². The van der Waals surface area contributed by atoms with E-state index in [1.54, 1.807) is 4.90 Å². The number of aliphatic hydroxyl groups excluding tert-OH is 1. The maximum atomic E-state index is 12.7. The molecule has 1 amide bonds. The second-order valence-electron chi connectivity index (χ2n) is 4.10. The number of nitrogens with zero attached hydrogens (tertiary/aromatic N) is 1. The van der Waals surface area contributed by atoms with E-state index in [1.165, 1.54) is 24.3 Å². The smallest absolute Gasteiger partial charge is 0.253 e. The summed E-state index contributed by atoms with van der Waals surface area (Å²) in [6.07, 6.45) is 0.837. The normalized spacial score (nSPS) is 20.1. The molecule has 3 nitrogen and oxygen atoms in total. The van der Waals surface area contributed by atoms with Gasteiger partial charge in [-0.1, -0.05) is 0 Å². The zero-order valence-corrected chi connectivity index (χ0v) is 8.90. The van der Waals surface area contributed by atoms with E-state index >= 15 is 0 Å². The van der Waals surface area contributed by atoms with Crippen molar-refractivity contribution in [3.05, 3.63) is 35.6 Å². The molecular weight excluding hydrogens is 209 g/mol. The third-order valence-electron chi connectivity index (χ3n) is 2.92. The molecule has 1 unspecified atom stereocenters. The number of carbonyl (C=O) groups is 1. The van der Waals surface area contributed by atoms with Gasteiger partial charge in [-0.05, 0) is 30.7 Å². The lowest BCUT2D eigenvalue weighted by molar-refractivity contribution is 0.0782. The molecule has 0 spiro atoms. The van der Waals surface area contributed by atoms with E-state index in [4.69, 9.17) is 5.11 Å². The summed E-state index contributed by atoms with van der Waals surface area (Å²) in [7, 11) is 0. The van der Waals surface area contributed by atoms with Gasteiger partial charge in [0, 0.05) is 31.2 Å². The van der Waals surface area contributed by atoms with E-state index in [0.29, 0.717) is 18.7 Å². The van der Waals surface area contributed by atoms with E-state index in [9.17, 15) is 9.18 Å². The molecule has 1 N–H and O–H groups in total. The molecule has 2 rings (SSSR count). The molecule has 86 valence electrons. The highest BCUT2D eigenvalue weighted by Gasteiger charge is 2.26. The molecule has 1 atom stereocenters. The van der Waals surface area contributed by atoms with Gasteiger partial charge >= 0.3 is 0 Å². The fourth-order valence-corrected chi connectivity index (χ4v) is 1.94. The van der Waals surface area contributed by atoms with Crippen molar-refractivity contribution in [2.24, 2.45) is 5.92 Å². The van der Waals surface area contributed by atoms with Crippen LogP contribution in [0, 0.1) is 11.7 Å². The first-order valence-electron chi connectivity index (χ1n) is 5.36. The summed E-state index contributed by atoms with van der Waals surface area (Å²) in [5, 5.41) is 8.98. The quantitative estimate of drug-likeness (QED) is 0.820. The van der Waals surface area contributed by atoms with Crippen LogP contribution in [0.5, 0.6) is 0 Å². The van der Waals surface area contributed by atoms with Crippen molar-refractivity contribution in [2.75, 3.05) is 19.7 Å². The lowest BCUT2D eigenvalue weighted by atomic mass is 10.1. The zero-order chi connectivity index (χ0) is 11.5. The molecule has 16 heavy (non-hydrogen) atoms. The number of carbonyl (C=O) groups excluding carboxylic acids is 1. The van der Waals surface area contributed by atoms with Crippen molar-refractivity contribution in [2.45, 2.75) is 6.42 Å². The van der Waals surface area contributed by atoms with Gasteiger partial charge in [0.1, 0.15) is 5.82 Å². The fourth-order valence-electron chi connectivity index (χ4n) is 1.94. The molecule has 0 radical (unpaired) electrons. The van der Waals surface area contributed by atoms with Gasteiger partial charge in [0.15, 0.2) is 0 Å². The van der Waals surface area contributed by atoms with Crippen molar-refractivity contribution in [1.29, 1.82) is 0 Å². The molecule has 0 saturated carbocycles. The Bertz CT molecular complexity index is 377. The summed E-state index contributed by atoms with van der Waals surface area (Å²) >= 11 is 0. The predicted octanol–water partition coefficient (Wildman–Crippen LogP) is 1.28. The Hall–Kier alpha value is -1.42. The summed E-state index contributed by atoms with van der Waals surface area (Å²) in [6.45, 7) is 1.38. The minimum atomic E-state index is -0.341. The average molecular weight is 223 g/mol. The third kappa shape index (κ3) is 2.22. The SMILES string of the molecule is O=C(c1ccc(F)cc1)N1CCC(CO)C1. The lowest BCUT2D eigenvalue weighted by Crippen LogP contribution is -2.29. The van der Waals surface area contributed by atoms with Gasteiger partial charge in [-0.3, -0.25) is 4.79 Å². The van der Waals surface area contributed by atoms with E-state index in [1.807, 2.05) is 0 Å². The molecule has 1 aromatic carbocycles. The lowest BCUT2D eigenvalue weighted by Gasteiger charge is -2.16. The van der Waals surface area contributed by atoms with Crippen molar-refractivity contribution < 1.29 is 14.3 Å². The van der Waals surface area contributed by atoms with Crippen LogP contribution in [0.3, 0.4) is 0 Å². The summed E-state index contributed by atoms with van der Waals surface area (Å²) in [6, 6.07) is 5.55. The highest BCUT2D eigenvalue weighted by atomic mass is 19.1. The van der Waals surface area contributed by atoms with Gasteiger partial charge in [-0.2, -0.15) is 0 Å². The highest BCUT2D eigenvalue weighted by molar-refractivity contribution is 5.94. The van der Waals surface area contributed by atoms with Gasteiger partial charge in [0.2, 0.25) is 0 Å². The van der Waals surface area contributed by atoms with E-state index in [-0.39, 0.29) is 24.2 Å². The first kappa shape index (κ1) is 11.1. The standard InChI is InChI=1S/C12H14FNO2/c13-11-3-1-10(2-4-11)12(16)14-6-5-9(7-14)8-15/h1-4,9,15H,5-8H2. The Morgan fingerprint density at radius 1 is 1.44 bits per heavy atom. The fraction of sp³-hybridized carbons (Fsp3) is 0.417. The first-order chi connectivity index (χ1) is 7.70. The van der Waals surface area contributed by atoms with Crippen molar-refractivity contribution >= 4 is 5.91 Å². The largest absolute Gasteiger partial charge is 0.396 e.